The lowest BCUT2D eigenvalue weighted by Gasteiger charge is -2.06. The van der Waals surface area contributed by atoms with Crippen LogP contribution in [0.15, 0.2) is 5.51 Å². The van der Waals surface area contributed by atoms with Crippen LogP contribution in [-0.4, -0.2) is 34.6 Å². The highest BCUT2D eigenvalue weighted by Gasteiger charge is 2.29. The van der Waals surface area contributed by atoms with Crippen molar-refractivity contribution in [2.45, 2.75) is 12.0 Å². The molecule has 0 radical (unpaired) electrons. The number of hydrogen-bond donors (Lipinski definition) is 1. The number of aromatic nitrogens is 2. The minimum atomic E-state index is -0.400. The van der Waals surface area contributed by atoms with Gasteiger partial charge in [-0.25, -0.2) is 0 Å². The van der Waals surface area contributed by atoms with E-state index < -0.39 is 6.10 Å². The zero-order valence-electron chi connectivity index (χ0n) is 5.80. The summed E-state index contributed by atoms with van der Waals surface area (Å²) in [5.74, 6) is 0.0440. The third-order valence-corrected chi connectivity index (χ3v) is 2.57. The fraction of sp³-hybridized carbons (Fsp3) is 0.667. The van der Waals surface area contributed by atoms with E-state index in [0.717, 1.165) is 5.01 Å². The molecule has 1 N–H and O–H groups in total. The second kappa shape index (κ2) is 2.84. The Morgan fingerprint density at radius 2 is 2.55 bits per heavy atom. The van der Waals surface area contributed by atoms with Gasteiger partial charge in [0.25, 0.3) is 0 Å². The Labute approximate surface area is 67.8 Å². The Morgan fingerprint density at radius 3 is 3.09 bits per heavy atom. The van der Waals surface area contributed by atoms with Crippen LogP contribution in [-0.2, 0) is 4.74 Å². The van der Waals surface area contributed by atoms with Crippen LogP contribution in [0.3, 0.4) is 0 Å². The summed E-state index contributed by atoms with van der Waals surface area (Å²) in [5.41, 5.74) is 1.67. The van der Waals surface area contributed by atoms with Gasteiger partial charge in [-0.15, -0.1) is 21.5 Å². The number of hydrogen-bond acceptors (Lipinski definition) is 5. The summed E-state index contributed by atoms with van der Waals surface area (Å²) in [5, 5.41) is 17.8. The van der Waals surface area contributed by atoms with Crippen molar-refractivity contribution in [1.82, 2.24) is 10.2 Å². The highest BCUT2D eigenvalue weighted by Crippen LogP contribution is 2.25. The zero-order chi connectivity index (χ0) is 7.68. The molecule has 2 heterocycles. The Balaban J connectivity index is 2.16. The first kappa shape index (κ1) is 7.15. The second-order valence-electron chi connectivity index (χ2n) is 2.49. The van der Waals surface area contributed by atoms with Gasteiger partial charge in [-0.1, -0.05) is 0 Å². The fourth-order valence-corrected chi connectivity index (χ4v) is 1.82. The molecule has 1 aromatic rings. The number of aliphatic hydroxyl groups excluding tert-OH is 1. The molecule has 0 bridgehead atoms. The molecule has 1 aliphatic rings. The van der Waals surface area contributed by atoms with Gasteiger partial charge < -0.3 is 9.84 Å². The average molecular weight is 172 g/mol. The molecule has 1 aromatic heterocycles. The normalized spacial score (nSPS) is 31.0. The molecule has 60 valence electrons. The van der Waals surface area contributed by atoms with Crippen molar-refractivity contribution in [2.75, 3.05) is 13.2 Å². The van der Waals surface area contributed by atoms with Crippen LogP contribution in [0.25, 0.3) is 0 Å². The van der Waals surface area contributed by atoms with E-state index in [2.05, 4.69) is 10.2 Å². The van der Waals surface area contributed by atoms with Crippen LogP contribution in [0.5, 0.6) is 0 Å². The lowest BCUT2D eigenvalue weighted by atomic mass is 10.1. The van der Waals surface area contributed by atoms with E-state index in [1.807, 2.05) is 0 Å². The number of nitrogens with zero attached hydrogens (tertiary/aromatic N) is 2. The second-order valence-corrected chi connectivity index (χ2v) is 3.35. The molecular formula is C6H8N2O2S. The minimum absolute atomic E-state index is 0.0440. The van der Waals surface area contributed by atoms with Gasteiger partial charge in [0.2, 0.25) is 0 Å². The largest absolute Gasteiger partial charge is 0.390 e. The van der Waals surface area contributed by atoms with Gasteiger partial charge in [0.15, 0.2) is 0 Å². The van der Waals surface area contributed by atoms with Crippen molar-refractivity contribution in [3.05, 3.63) is 10.5 Å². The molecule has 4 nitrogen and oxygen atoms in total. The van der Waals surface area contributed by atoms with E-state index in [1.54, 1.807) is 5.51 Å². The van der Waals surface area contributed by atoms with Crippen LogP contribution < -0.4 is 0 Å². The summed E-state index contributed by atoms with van der Waals surface area (Å²) in [4.78, 5) is 0. The van der Waals surface area contributed by atoms with E-state index in [4.69, 9.17) is 4.74 Å². The number of rotatable bonds is 1. The molecular weight excluding hydrogens is 164 g/mol. The minimum Gasteiger partial charge on any atom is -0.390 e. The summed E-state index contributed by atoms with van der Waals surface area (Å²) >= 11 is 1.46. The Bertz CT molecular complexity index is 226. The molecule has 1 fully saturated rings. The maximum absolute atomic E-state index is 9.37. The van der Waals surface area contributed by atoms with Crippen molar-refractivity contribution < 1.29 is 9.84 Å². The first-order valence-electron chi connectivity index (χ1n) is 3.40. The molecule has 1 aliphatic heterocycles. The van der Waals surface area contributed by atoms with Gasteiger partial charge in [-0.05, 0) is 0 Å². The Morgan fingerprint density at radius 1 is 1.64 bits per heavy atom. The summed E-state index contributed by atoms with van der Waals surface area (Å²) in [7, 11) is 0. The molecule has 5 heteroatoms. The van der Waals surface area contributed by atoms with Gasteiger partial charge >= 0.3 is 0 Å². The third-order valence-electron chi connectivity index (χ3n) is 1.74. The molecule has 0 spiro atoms. The van der Waals surface area contributed by atoms with E-state index in [-0.39, 0.29) is 5.92 Å². The summed E-state index contributed by atoms with van der Waals surface area (Å²) in [6.07, 6.45) is -0.400. The molecule has 2 atom stereocenters. The molecule has 11 heavy (non-hydrogen) atoms. The van der Waals surface area contributed by atoms with Gasteiger partial charge in [0, 0.05) is 0 Å². The SMILES string of the molecule is OC1COCC1c1nncs1. The maximum Gasteiger partial charge on any atom is 0.125 e. The summed E-state index contributed by atoms with van der Waals surface area (Å²) in [6, 6.07) is 0. The molecule has 0 aliphatic carbocycles. The molecule has 1 saturated heterocycles. The molecule has 0 amide bonds. The van der Waals surface area contributed by atoms with Crippen molar-refractivity contribution in [1.29, 1.82) is 0 Å². The van der Waals surface area contributed by atoms with Gasteiger partial charge in [-0.2, -0.15) is 0 Å². The summed E-state index contributed by atoms with van der Waals surface area (Å²) < 4.78 is 5.08. The predicted molar refractivity (Wildman–Crippen MR) is 39.5 cm³/mol. The van der Waals surface area contributed by atoms with Crippen molar-refractivity contribution >= 4 is 11.3 Å². The van der Waals surface area contributed by atoms with Crippen LogP contribution in [0, 0.1) is 0 Å². The number of aliphatic hydroxyl groups is 1. The van der Waals surface area contributed by atoms with Crippen LogP contribution in [0.1, 0.15) is 10.9 Å². The average Bonchev–Trinajstić information content (AvgIpc) is 2.55. The zero-order valence-corrected chi connectivity index (χ0v) is 6.62. The first-order valence-corrected chi connectivity index (χ1v) is 4.28. The van der Waals surface area contributed by atoms with Crippen molar-refractivity contribution in [3.8, 4) is 0 Å². The van der Waals surface area contributed by atoms with E-state index in [1.165, 1.54) is 11.3 Å². The van der Waals surface area contributed by atoms with E-state index in [0.29, 0.717) is 13.2 Å². The first-order chi connectivity index (χ1) is 5.38. The van der Waals surface area contributed by atoms with Crippen molar-refractivity contribution in [2.24, 2.45) is 0 Å². The Hall–Kier alpha value is -0.520. The quantitative estimate of drug-likeness (QED) is 0.648. The Kier molecular flexibility index (Phi) is 1.85. The lowest BCUT2D eigenvalue weighted by molar-refractivity contribution is 0.124. The van der Waals surface area contributed by atoms with Crippen LogP contribution in [0.4, 0.5) is 0 Å². The molecule has 0 aromatic carbocycles. The highest BCUT2D eigenvalue weighted by molar-refractivity contribution is 7.09. The predicted octanol–water partition coefficient (Wildman–Crippen LogP) is 0.0128. The summed E-state index contributed by atoms with van der Waals surface area (Å²) in [6.45, 7) is 0.987. The van der Waals surface area contributed by atoms with E-state index in [9.17, 15) is 5.11 Å². The van der Waals surface area contributed by atoms with E-state index >= 15 is 0 Å². The smallest absolute Gasteiger partial charge is 0.125 e. The lowest BCUT2D eigenvalue weighted by Crippen LogP contribution is -2.15. The molecule has 2 rings (SSSR count). The molecule has 2 unspecified atom stereocenters. The van der Waals surface area contributed by atoms with Gasteiger partial charge in [0.05, 0.1) is 25.2 Å². The fourth-order valence-electron chi connectivity index (χ4n) is 1.12. The van der Waals surface area contributed by atoms with Crippen molar-refractivity contribution in [3.63, 3.8) is 0 Å². The number of ether oxygens (including phenoxy) is 1. The van der Waals surface area contributed by atoms with Gasteiger partial charge in [-0.3, -0.25) is 0 Å². The third kappa shape index (κ3) is 1.26. The van der Waals surface area contributed by atoms with Crippen LogP contribution >= 0.6 is 11.3 Å². The highest BCUT2D eigenvalue weighted by atomic mass is 32.1. The topological polar surface area (TPSA) is 55.2 Å². The standard InChI is InChI=1S/C6H8N2O2S/c9-5-2-10-1-4(5)6-8-7-3-11-6/h3-5,9H,1-2H2. The van der Waals surface area contributed by atoms with Crippen LogP contribution in [0.2, 0.25) is 0 Å². The monoisotopic (exact) mass is 172 g/mol. The molecule has 0 saturated carbocycles. The maximum atomic E-state index is 9.37. The van der Waals surface area contributed by atoms with Gasteiger partial charge in [0.1, 0.15) is 10.5 Å².